The van der Waals surface area contributed by atoms with Crippen LogP contribution in [0.15, 0.2) is 24.3 Å². The Balaban J connectivity index is 2.04. The van der Waals surface area contributed by atoms with Gasteiger partial charge in [-0.3, -0.25) is 0 Å². The van der Waals surface area contributed by atoms with Crippen molar-refractivity contribution in [2.24, 2.45) is 5.92 Å². The van der Waals surface area contributed by atoms with Crippen LogP contribution in [0.1, 0.15) is 38.2 Å². The lowest BCUT2D eigenvalue weighted by Gasteiger charge is -2.41. The number of hydrogen-bond acceptors (Lipinski definition) is 2. The molecule has 3 heteroatoms. The summed E-state index contributed by atoms with van der Waals surface area (Å²) in [7, 11) is 1.68. The topological polar surface area (TPSA) is 29.5 Å². The molecule has 0 aromatic heterocycles. The minimum Gasteiger partial charge on any atom is -0.390 e. The monoisotopic (exact) mass is 266 g/mol. The fraction of sp³-hybridized carbons (Fsp3) is 0.625. The summed E-state index contributed by atoms with van der Waals surface area (Å²) in [4.78, 5) is 0. The zero-order valence-electron chi connectivity index (χ0n) is 11.7. The van der Waals surface area contributed by atoms with Crippen LogP contribution in [-0.4, -0.2) is 23.9 Å². The molecule has 0 aliphatic heterocycles. The molecule has 1 aliphatic rings. The Morgan fingerprint density at radius 1 is 1.32 bits per heavy atom. The standard InChI is InChI=1S/C16H23FO2/c1-12-7-9-16(19-2,10-8-12)15(18)11-13-3-5-14(17)6-4-13/h3-6,12,15,18H,7-11H2,1-2H3. The molecule has 0 saturated heterocycles. The maximum atomic E-state index is 12.9. The smallest absolute Gasteiger partial charge is 0.123 e. The van der Waals surface area contributed by atoms with Gasteiger partial charge in [0.05, 0.1) is 11.7 Å². The molecule has 1 unspecified atom stereocenters. The number of aliphatic hydroxyl groups is 1. The average molecular weight is 266 g/mol. The SMILES string of the molecule is COC1(C(O)Cc2ccc(F)cc2)CCC(C)CC1. The fourth-order valence-electron chi connectivity index (χ4n) is 2.95. The molecule has 0 bridgehead atoms. The second-order valence-corrected chi connectivity index (χ2v) is 5.80. The predicted octanol–water partition coefficient (Wildman–Crippen LogP) is 3.32. The Morgan fingerprint density at radius 3 is 2.42 bits per heavy atom. The highest BCUT2D eigenvalue weighted by atomic mass is 19.1. The number of methoxy groups -OCH3 is 1. The largest absolute Gasteiger partial charge is 0.390 e. The molecule has 0 radical (unpaired) electrons. The van der Waals surface area contributed by atoms with Crippen LogP contribution in [-0.2, 0) is 11.2 Å². The highest BCUT2D eigenvalue weighted by Gasteiger charge is 2.40. The van der Waals surface area contributed by atoms with Gasteiger partial charge in [-0.1, -0.05) is 19.1 Å². The van der Waals surface area contributed by atoms with Gasteiger partial charge in [-0.2, -0.15) is 0 Å². The van der Waals surface area contributed by atoms with Crippen molar-refractivity contribution in [3.8, 4) is 0 Å². The van der Waals surface area contributed by atoms with E-state index in [2.05, 4.69) is 6.92 Å². The van der Waals surface area contributed by atoms with Crippen LogP contribution in [0.4, 0.5) is 4.39 Å². The molecule has 1 aromatic rings. The van der Waals surface area contributed by atoms with Crippen molar-refractivity contribution in [3.63, 3.8) is 0 Å². The van der Waals surface area contributed by atoms with Gasteiger partial charge in [0.1, 0.15) is 5.82 Å². The highest BCUT2D eigenvalue weighted by Crippen LogP contribution is 2.37. The molecule has 2 nitrogen and oxygen atoms in total. The second kappa shape index (κ2) is 6.02. The second-order valence-electron chi connectivity index (χ2n) is 5.80. The molecule has 1 saturated carbocycles. The van der Waals surface area contributed by atoms with E-state index < -0.39 is 11.7 Å². The van der Waals surface area contributed by atoms with Crippen molar-refractivity contribution in [2.45, 2.75) is 50.7 Å². The van der Waals surface area contributed by atoms with Gasteiger partial charge >= 0.3 is 0 Å². The number of rotatable bonds is 4. The molecule has 106 valence electrons. The zero-order chi connectivity index (χ0) is 13.9. The quantitative estimate of drug-likeness (QED) is 0.906. The lowest BCUT2D eigenvalue weighted by atomic mass is 9.75. The first-order chi connectivity index (χ1) is 9.05. The summed E-state index contributed by atoms with van der Waals surface area (Å²) in [6.07, 6.45) is 3.96. The molecule has 1 aromatic carbocycles. The van der Waals surface area contributed by atoms with E-state index in [1.165, 1.54) is 12.1 Å². The van der Waals surface area contributed by atoms with Gasteiger partial charge in [-0.25, -0.2) is 4.39 Å². The molecule has 2 rings (SSSR count). The third-order valence-corrected chi connectivity index (χ3v) is 4.48. The van der Waals surface area contributed by atoms with Crippen molar-refractivity contribution < 1.29 is 14.2 Å². The summed E-state index contributed by atoms with van der Waals surface area (Å²) in [5, 5.41) is 10.5. The van der Waals surface area contributed by atoms with E-state index in [0.717, 1.165) is 31.2 Å². The molecule has 19 heavy (non-hydrogen) atoms. The number of hydrogen-bond donors (Lipinski definition) is 1. The van der Waals surface area contributed by atoms with Gasteiger partial charge in [-0.05, 0) is 49.3 Å². The van der Waals surface area contributed by atoms with E-state index in [1.54, 1.807) is 19.2 Å². The van der Waals surface area contributed by atoms with Crippen molar-refractivity contribution in [1.29, 1.82) is 0 Å². The Labute approximate surface area is 114 Å². The molecule has 1 N–H and O–H groups in total. The lowest BCUT2D eigenvalue weighted by Crippen LogP contribution is -2.47. The Bertz CT molecular complexity index is 394. The first kappa shape index (κ1) is 14.5. The van der Waals surface area contributed by atoms with E-state index in [1.807, 2.05) is 0 Å². The lowest BCUT2D eigenvalue weighted by molar-refractivity contribution is -0.127. The maximum Gasteiger partial charge on any atom is 0.123 e. The van der Waals surface area contributed by atoms with Crippen molar-refractivity contribution in [2.75, 3.05) is 7.11 Å². The van der Waals surface area contributed by atoms with E-state index in [9.17, 15) is 9.50 Å². The fourth-order valence-corrected chi connectivity index (χ4v) is 2.95. The summed E-state index contributed by atoms with van der Waals surface area (Å²) in [6, 6.07) is 6.33. The average Bonchev–Trinajstić information content (AvgIpc) is 2.42. The van der Waals surface area contributed by atoms with E-state index >= 15 is 0 Å². The van der Waals surface area contributed by atoms with Crippen molar-refractivity contribution in [1.82, 2.24) is 0 Å². The summed E-state index contributed by atoms with van der Waals surface area (Å²) in [6.45, 7) is 2.24. The van der Waals surface area contributed by atoms with Gasteiger partial charge in [0.15, 0.2) is 0 Å². The predicted molar refractivity (Wildman–Crippen MR) is 73.5 cm³/mol. The molecule has 0 spiro atoms. The molecule has 1 aliphatic carbocycles. The van der Waals surface area contributed by atoms with Crippen LogP contribution in [0.3, 0.4) is 0 Å². The molecule has 1 fully saturated rings. The molecule has 1 atom stereocenters. The third-order valence-electron chi connectivity index (χ3n) is 4.48. The third kappa shape index (κ3) is 3.34. The summed E-state index contributed by atoms with van der Waals surface area (Å²) < 4.78 is 18.5. The Hall–Kier alpha value is -0.930. The van der Waals surface area contributed by atoms with Crippen LogP contribution in [0.25, 0.3) is 0 Å². The summed E-state index contributed by atoms with van der Waals surface area (Å²) in [5.74, 6) is 0.465. The highest BCUT2D eigenvalue weighted by molar-refractivity contribution is 5.18. The number of ether oxygens (including phenoxy) is 1. The Morgan fingerprint density at radius 2 is 1.89 bits per heavy atom. The van der Waals surface area contributed by atoms with Gasteiger partial charge in [0, 0.05) is 13.5 Å². The zero-order valence-corrected chi connectivity index (χ0v) is 11.7. The van der Waals surface area contributed by atoms with E-state index in [-0.39, 0.29) is 5.82 Å². The molecular formula is C16H23FO2. The van der Waals surface area contributed by atoms with Crippen LogP contribution in [0, 0.1) is 11.7 Å². The van der Waals surface area contributed by atoms with Gasteiger partial charge in [0.2, 0.25) is 0 Å². The van der Waals surface area contributed by atoms with Crippen LogP contribution in [0.5, 0.6) is 0 Å². The molecule has 0 amide bonds. The normalized spacial score (nSPS) is 29.2. The Kier molecular flexibility index (Phi) is 4.58. The minimum atomic E-state index is -0.532. The van der Waals surface area contributed by atoms with Crippen LogP contribution < -0.4 is 0 Å². The van der Waals surface area contributed by atoms with E-state index in [4.69, 9.17) is 4.74 Å². The summed E-state index contributed by atoms with van der Waals surface area (Å²) >= 11 is 0. The number of benzene rings is 1. The summed E-state index contributed by atoms with van der Waals surface area (Å²) in [5.41, 5.74) is 0.518. The van der Waals surface area contributed by atoms with Crippen LogP contribution in [0.2, 0.25) is 0 Å². The van der Waals surface area contributed by atoms with Crippen molar-refractivity contribution in [3.05, 3.63) is 35.6 Å². The number of aliphatic hydroxyl groups excluding tert-OH is 1. The van der Waals surface area contributed by atoms with Crippen molar-refractivity contribution >= 4 is 0 Å². The maximum absolute atomic E-state index is 12.9. The van der Waals surface area contributed by atoms with Gasteiger partial charge in [0.25, 0.3) is 0 Å². The number of halogens is 1. The van der Waals surface area contributed by atoms with Crippen LogP contribution >= 0.6 is 0 Å². The first-order valence-electron chi connectivity index (χ1n) is 7.03. The minimum absolute atomic E-state index is 0.244. The molecular weight excluding hydrogens is 243 g/mol. The van der Waals surface area contributed by atoms with Gasteiger partial charge < -0.3 is 9.84 Å². The van der Waals surface area contributed by atoms with E-state index in [0.29, 0.717) is 12.3 Å². The van der Waals surface area contributed by atoms with Gasteiger partial charge in [-0.15, -0.1) is 0 Å². The molecule has 0 heterocycles. The first-order valence-corrected chi connectivity index (χ1v) is 7.03.